The lowest BCUT2D eigenvalue weighted by Gasteiger charge is -2.36. The van der Waals surface area contributed by atoms with Crippen molar-refractivity contribution >= 4 is 23.7 Å². The van der Waals surface area contributed by atoms with Crippen molar-refractivity contribution in [3.63, 3.8) is 0 Å². The largest absolute Gasteiger partial charge is 0.511 e. The third kappa shape index (κ3) is 5.36. The highest BCUT2D eigenvalue weighted by molar-refractivity contribution is 8.04. The average Bonchev–Trinajstić information content (AvgIpc) is 2.75. The number of carbonyl (C=O) groups is 2. The van der Waals surface area contributed by atoms with Crippen LogP contribution in [0.25, 0.3) is 0 Å². The molecule has 0 radical (unpaired) electrons. The molecule has 1 aliphatic heterocycles. The summed E-state index contributed by atoms with van der Waals surface area (Å²) in [4.78, 5) is 26.6. The third-order valence-corrected chi connectivity index (χ3v) is 6.51. The Balaban J connectivity index is 1.97. The van der Waals surface area contributed by atoms with Gasteiger partial charge in [-0.2, -0.15) is 0 Å². The summed E-state index contributed by atoms with van der Waals surface area (Å²) in [5, 5.41) is 11.0. The van der Waals surface area contributed by atoms with Gasteiger partial charge in [0.05, 0.1) is 6.42 Å². The molecule has 1 atom stereocenters. The van der Waals surface area contributed by atoms with Gasteiger partial charge in [-0.05, 0) is 36.5 Å². The van der Waals surface area contributed by atoms with Crippen LogP contribution in [0.2, 0.25) is 0 Å². The maximum absolute atomic E-state index is 13.1. The zero-order chi connectivity index (χ0) is 23.3. The highest BCUT2D eigenvalue weighted by Crippen LogP contribution is 2.44. The second-order valence-electron chi connectivity index (χ2n) is 8.34. The molecule has 5 nitrogen and oxygen atoms in total. The lowest BCUT2D eigenvalue weighted by atomic mass is 9.99. The molecule has 0 amide bonds. The first kappa shape index (κ1) is 23.9. The van der Waals surface area contributed by atoms with Gasteiger partial charge < -0.3 is 14.6 Å². The lowest BCUT2D eigenvalue weighted by molar-refractivity contribution is -0.237. The number of thioether (sulfide) groups is 1. The van der Waals surface area contributed by atoms with Crippen molar-refractivity contribution < 1.29 is 24.2 Å². The number of aliphatic hydroxyl groups excluding tert-OH is 1. The molecule has 0 fully saturated rings. The van der Waals surface area contributed by atoms with Gasteiger partial charge in [0.1, 0.15) is 10.7 Å². The number of aliphatic hydroxyl groups is 1. The number of carbonyl (C=O) groups excluding carboxylic acids is 2. The fraction of sp³-hybridized carbons (Fsp3) is 0.385. The molecule has 2 aromatic carbocycles. The molecule has 1 heterocycles. The van der Waals surface area contributed by atoms with Crippen LogP contribution in [0.3, 0.4) is 0 Å². The molecular weight excluding hydrogens is 424 g/mol. The van der Waals surface area contributed by atoms with Crippen molar-refractivity contribution in [3.05, 3.63) is 75.9 Å². The Morgan fingerprint density at radius 1 is 1.22 bits per heavy atom. The van der Waals surface area contributed by atoms with Gasteiger partial charge in [0, 0.05) is 16.9 Å². The minimum Gasteiger partial charge on any atom is -0.511 e. The first-order valence-electron chi connectivity index (χ1n) is 11.0. The van der Waals surface area contributed by atoms with Gasteiger partial charge >= 0.3 is 11.9 Å². The number of benzene rings is 2. The first-order valence-corrected chi connectivity index (χ1v) is 11.8. The fourth-order valence-corrected chi connectivity index (χ4v) is 4.79. The SMILES string of the molecule is CCCCC(=O)OC1(c2ccccc2)CC(O)=C(Sc2cc(C)ccc2C(C)C)C(=O)O1. The number of hydrogen-bond donors (Lipinski definition) is 1. The van der Waals surface area contributed by atoms with E-state index < -0.39 is 17.7 Å². The molecule has 1 aliphatic rings. The zero-order valence-corrected chi connectivity index (χ0v) is 19.8. The van der Waals surface area contributed by atoms with Gasteiger partial charge in [-0.15, -0.1) is 0 Å². The highest BCUT2D eigenvalue weighted by atomic mass is 32.2. The van der Waals surface area contributed by atoms with Crippen LogP contribution < -0.4 is 0 Å². The summed E-state index contributed by atoms with van der Waals surface area (Å²) in [6, 6.07) is 14.9. The van der Waals surface area contributed by atoms with Crippen LogP contribution >= 0.6 is 11.8 Å². The van der Waals surface area contributed by atoms with Gasteiger partial charge in [0.25, 0.3) is 5.79 Å². The van der Waals surface area contributed by atoms with Crippen LogP contribution in [0.4, 0.5) is 0 Å². The van der Waals surface area contributed by atoms with Gasteiger partial charge in [0.2, 0.25) is 0 Å². The van der Waals surface area contributed by atoms with Crippen molar-refractivity contribution in [2.75, 3.05) is 0 Å². The van der Waals surface area contributed by atoms with Crippen molar-refractivity contribution in [2.45, 2.75) is 70.0 Å². The summed E-state index contributed by atoms with van der Waals surface area (Å²) in [6.07, 6.45) is 1.60. The van der Waals surface area contributed by atoms with E-state index in [1.165, 1.54) is 11.8 Å². The smallest absolute Gasteiger partial charge is 0.352 e. The number of rotatable bonds is 8. The Hall–Kier alpha value is -2.73. The molecular formula is C26H30O5S. The van der Waals surface area contributed by atoms with Crippen LogP contribution in [-0.4, -0.2) is 17.0 Å². The molecule has 3 rings (SSSR count). The minimum atomic E-state index is -1.68. The van der Waals surface area contributed by atoms with Crippen molar-refractivity contribution in [1.82, 2.24) is 0 Å². The zero-order valence-electron chi connectivity index (χ0n) is 19.0. The number of hydrogen-bond acceptors (Lipinski definition) is 6. The van der Waals surface area contributed by atoms with Crippen molar-refractivity contribution in [1.29, 1.82) is 0 Å². The van der Waals surface area contributed by atoms with E-state index in [0.29, 0.717) is 12.0 Å². The Morgan fingerprint density at radius 2 is 1.94 bits per heavy atom. The summed E-state index contributed by atoms with van der Waals surface area (Å²) < 4.78 is 11.5. The number of aryl methyl sites for hydroxylation is 1. The van der Waals surface area contributed by atoms with E-state index in [9.17, 15) is 14.7 Å². The number of cyclic esters (lactones) is 1. The van der Waals surface area contributed by atoms with Crippen LogP contribution in [0.5, 0.6) is 0 Å². The topological polar surface area (TPSA) is 72.8 Å². The second kappa shape index (κ2) is 10.3. The number of ether oxygens (including phenoxy) is 2. The van der Waals surface area contributed by atoms with E-state index in [1.807, 2.05) is 38.1 Å². The van der Waals surface area contributed by atoms with Crippen LogP contribution in [0.15, 0.2) is 64.1 Å². The van der Waals surface area contributed by atoms with E-state index in [4.69, 9.17) is 9.47 Å². The Labute approximate surface area is 193 Å². The van der Waals surface area contributed by atoms with E-state index in [0.717, 1.165) is 22.4 Å². The molecule has 32 heavy (non-hydrogen) atoms. The number of unbranched alkanes of at least 4 members (excludes halogenated alkanes) is 1. The van der Waals surface area contributed by atoms with E-state index in [-0.39, 0.29) is 29.4 Å². The summed E-state index contributed by atoms with van der Waals surface area (Å²) >= 11 is 1.19. The van der Waals surface area contributed by atoms with Crippen LogP contribution in [0, 0.1) is 6.92 Å². The second-order valence-corrected chi connectivity index (χ2v) is 9.39. The molecule has 2 aromatic rings. The van der Waals surface area contributed by atoms with Crippen LogP contribution in [0.1, 0.15) is 69.1 Å². The Kier molecular flexibility index (Phi) is 7.67. The molecule has 6 heteroatoms. The quantitative estimate of drug-likeness (QED) is 0.458. The molecule has 0 aliphatic carbocycles. The molecule has 170 valence electrons. The molecule has 0 saturated carbocycles. The van der Waals surface area contributed by atoms with Crippen molar-refractivity contribution in [3.8, 4) is 0 Å². The third-order valence-electron chi connectivity index (χ3n) is 5.34. The Bertz CT molecular complexity index is 1010. The minimum absolute atomic E-state index is 0.119. The summed E-state index contributed by atoms with van der Waals surface area (Å²) in [6.45, 7) is 8.13. The standard InChI is InChI=1S/C26H30O5S/c1-5-6-12-23(28)30-26(19-10-8-7-9-11-19)16-21(27)24(25(29)31-26)32-22-15-18(4)13-14-20(22)17(2)3/h7-11,13-15,17,27H,5-6,12,16H2,1-4H3. The molecule has 0 aromatic heterocycles. The number of esters is 2. The molecule has 0 bridgehead atoms. The van der Waals surface area contributed by atoms with Gasteiger partial charge in [-0.25, -0.2) is 4.79 Å². The maximum Gasteiger partial charge on any atom is 0.352 e. The van der Waals surface area contributed by atoms with Crippen LogP contribution in [-0.2, 0) is 24.8 Å². The predicted molar refractivity (Wildman–Crippen MR) is 125 cm³/mol. The highest BCUT2D eigenvalue weighted by Gasteiger charge is 2.47. The maximum atomic E-state index is 13.1. The van der Waals surface area contributed by atoms with Crippen molar-refractivity contribution in [2.24, 2.45) is 0 Å². The fourth-order valence-electron chi connectivity index (χ4n) is 3.59. The van der Waals surface area contributed by atoms with E-state index in [2.05, 4.69) is 13.8 Å². The lowest BCUT2D eigenvalue weighted by Crippen LogP contribution is -2.41. The van der Waals surface area contributed by atoms with Gasteiger partial charge in [-0.3, -0.25) is 4.79 Å². The summed E-state index contributed by atoms with van der Waals surface area (Å²) in [5.41, 5.74) is 2.65. The van der Waals surface area contributed by atoms with Gasteiger partial charge in [0.15, 0.2) is 0 Å². The Morgan fingerprint density at radius 3 is 2.56 bits per heavy atom. The van der Waals surface area contributed by atoms with E-state index in [1.54, 1.807) is 24.3 Å². The first-order chi connectivity index (χ1) is 15.3. The normalized spacial score (nSPS) is 18.6. The molecule has 1 N–H and O–H groups in total. The predicted octanol–water partition coefficient (Wildman–Crippen LogP) is 6.51. The monoisotopic (exact) mass is 454 g/mol. The molecule has 1 unspecified atom stereocenters. The summed E-state index contributed by atoms with van der Waals surface area (Å²) in [7, 11) is 0. The molecule has 0 saturated heterocycles. The van der Waals surface area contributed by atoms with Gasteiger partial charge in [-0.1, -0.05) is 81.4 Å². The molecule has 0 spiro atoms. The van der Waals surface area contributed by atoms with E-state index >= 15 is 0 Å². The average molecular weight is 455 g/mol. The summed E-state index contributed by atoms with van der Waals surface area (Å²) in [5.74, 6) is -2.74.